The van der Waals surface area contributed by atoms with Crippen LogP contribution in [0.4, 0.5) is 5.69 Å². The number of aliphatic carboxylic acids is 1. The van der Waals surface area contributed by atoms with Crippen LogP contribution in [-0.4, -0.2) is 36.5 Å². The van der Waals surface area contributed by atoms with Crippen LogP contribution in [0.5, 0.6) is 0 Å². The summed E-state index contributed by atoms with van der Waals surface area (Å²) >= 11 is 0. The van der Waals surface area contributed by atoms with Crippen LogP contribution in [0.2, 0.25) is 0 Å². The number of carbonyl (C=O) groups is 3. The number of likely N-dealkylation sites (N-methyl/N-ethyl adjacent to an activating group) is 1. The summed E-state index contributed by atoms with van der Waals surface area (Å²) < 4.78 is 0. The van der Waals surface area contributed by atoms with Gasteiger partial charge in [0.1, 0.15) is 0 Å². The Kier molecular flexibility index (Phi) is 5.26. The zero-order chi connectivity index (χ0) is 19.4. The molecular formula is C21H22N2O4. The number of carbonyl (C=O) groups excluding carboxylic acids is 2. The van der Waals surface area contributed by atoms with Crippen molar-refractivity contribution in [3.8, 4) is 0 Å². The van der Waals surface area contributed by atoms with E-state index >= 15 is 0 Å². The minimum atomic E-state index is -1.000. The first-order chi connectivity index (χ1) is 12.9. The molecule has 6 nitrogen and oxygen atoms in total. The maximum absolute atomic E-state index is 13.3. The van der Waals surface area contributed by atoms with Gasteiger partial charge in [-0.15, -0.1) is 0 Å². The molecule has 0 saturated heterocycles. The zero-order valence-electron chi connectivity index (χ0n) is 15.1. The van der Waals surface area contributed by atoms with E-state index in [4.69, 9.17) is 5.11 Å². The van der Waals surface area contributed by atoms with Crippen molar-refractivity contribution < 1.29 is 19.5 Å². The molecule has 0 spiro atoms. The van der Waals surface area contributed by atoms with Gasteiger partial charge >= 0.3 is 5.97 Å². The number of anilines is 1. The fourth-order valence-electron chi connectivity index (χ4n) is 3.71. The molecule has 2 aromatic rings. The lowest BCUT2D eigenvalue weighted by Gasteiger charge is -2.28. The number of carboxylic acid groups (broad SMARTS) is 1. The van der Waals surface area contributed by atoms with E-state index in [1.165, 1.54) is 0 Å². The fourth-order valence-corrected chi connectivity index (χ4v) is 3.71. The van der Waals surface area contributed by atoms with Crippen LogP contribution in [0.25, 0.3) is 0 Å². The fraction of sp³-hybridized carbons (Fsp3) is 0.286. The number of carboxylic acids is 1. The lowest BCUT2D eigenvalue weighted by Crippen LogP contribution is -2.44. The Morgan fingerprint density at radius 1 is 1.07 bits per heavy atom. The van der Waals surface area contributed by atoms with Gasteiger partial charge < -0.3 is 15.3 Å². The van der Waals surface area contributed by atoms with Gasteiger partial charge in [0, 0.05) is 25.7 Å². The standard InChI is InChI=1S/C21H22N2O4/c1-23-17-10-6-5-9-16(17)21(20(23)27,13-15-7-3-2-4-8-15)14-18(24)22-12-11-19(25)26/h2-10H,11-14H2,1H3,(H,22,24)(H,25,26). The number of fused-ring (bicyclic) bond motifs is 1. The van der Waals surface area contributed by atoms with E-state index in [0.717, 1.165) is 16.8 Å². The van der Waals surface area contributed by atoms with Crippen molar-refractivity contribution >= 4 is 23.5 Å². The van der Waals surface area contributed by atoms with E-state index in [1.807, 2.05) is 54.6 Å². The van der Waals surface area contributed by atoms with Gasteiger partial charge in [-0.3, -0.25) is 14.4 Å². The van der Waals surface area contributed by atoms with Gasteiger partial charge in [0.25, 0.3) is 0 Å². The first-order valence-electron chi connectivity index (χ1n) is 8.84. The van der Waals surface area contributed by atoms with Crippen molar-refractivity contribution in [1.29, 1.82) is 0 Å². The van der Waals surface area contributed by atoms with Crippen molar-refractivity contribution in [3.63, 3.8) is 0 Å². The number of para-hydroxylation sites is 1. The molecule has 27 heavy (non-hydrogen) atoms. The highest BCUT2D eigenvalue weighted by atomic mass is 16.4. The number of amides is 2. The Balaban J connectivity index is 1.94. The van der Waals surface area contributed by atoms with Gasteiger partial charge in [0.05, 0.1) is 11.8 Å². The van der Waals surface area contributed by atoms with Gasteiger partial charge in [-0.25, -0.2) is 0 Å². The average Bonchev–Trinajstić information content (AvgIpc) is 2.85. The van der Waals surface area contributed by atoms with E-state index in [-0.39, 0.29) is 31.2 Å². The molecule has 0 bridgehead atoms. The van der Waals surface area contributed by atoms with Gasteiger partial charge in [-0.05, 0) is 23.6 Å². The SMILES string of the molecule is CN1C(=O)C(CC(=O)NCCC(=O)O)(Cc2ccccc2)c2ccccc21. The lowest BCUT2D eigenvalue weighted by atomic mass is 9.73. The summed E-state index contributed by atoms with van der Waals surface area (Å²) in [7, 11) is 1.72. The summed E-state index contributed by atoms with van der Waals surface area (Å²) in [6.45, 7) is 0.0429. The molecule has 0 fully saturated rings. The van der Waals surface area contributed by atoms with Gasteiger partial charge in [0.2, 0.25) is 11.8 Å². The van der Waals surface area contributed by atoms with Crippen molar-refractivity contribution in [2.75, 3.05) is 18.5 Å². The quantitative estimate of drug-likeness (QED) is 0.786. The number of hydrogen-bond donors (Lipinski definition) is 2. The second-order valence-electron chi connectivity index (χ2n) is 6.80. The third kappa shape index (κ3) is 3.69. The van der Waals surface area contributed by atoms with Crippen LogP contribution in [-0.2, 0) is 26.2 Å². The highest BCUT2D eigenvalue weighted by Gasteiger charge is 2.50. The first-order valence-corrected chi connectivity index (χ1v) is 8.84. The minimum Gasteiger partial charge on any atom is -0.481 e. The van der Waals surface area contributed by atoms with Crippen LogP contribution in [0, 0.1) is 0 Å². The molecule has 0 aliphatic carbocycles. The second kappa shape index (κ2) is 7.61. The smallest absolute Gasteiger partial charge is 0.305 e. The number of nitrogens with one attached hydrogen (secondary N) is 1. The molecule has 0 saturated carbocycles. The van der Waals surface area contributed by atoms with E-state index in [2.05, 4.69) is 5.32 Å². The van der Waals surface area contributed by atoms with E-state index in [9.17, 15) is 14.4 Å². The summed E-state index contributed by atoms with van der Waals surface area (Å²) in [6, 6.07) is 17.1. The molecule has 1 aliphatic heterocycles. The predicted octanol–water partition coefficient (Wildman–Crippen LogP) is 2.12. The first kappa shape index (κ1) is 18.6. The molecule has 0 radical (unpaired) electrons. The Morgan fingerprint density at radius 3 is 2.44 bits per heavy atom. The van der Waals surface area contributed by atoms with Crippen molar-refractivity contribution in [2.45, 2.75) is 24.7 Å². The average molecular weight is 366 g/mol. The normalized spacial score (nSPS) is 18.3. The molecular weight excluding hydrogens is 344 g/mol. The number of hydrogen-bond acceptors (Lipinski definition) is 3. The lowest BCUT2D eigenvalue weighted by molar-refractivity contribution is -0.137. The molecule has 1 atom stereocenters. The molecule has 0 aromatic heterocycles. The summed E-state index contributed by atoms with van der Waals surface area (Å²) in [5.41, 5.74) is 1.60. The molecule has 6 heteroatoms. The van der Waals surface area contributed by atoms with Gasteiger partial charge in [-0.2, -0.15) is 0 Å². The number of rotatable bonds is 7. The molecule has 140 valence electrons. The molecule has 3 rings (SSSR count). The Morgan fingerprint density at radius 2 is 1.74 bits per heavy atom. The summed E-state index contributed by atoms with van der Waals surface area (Å²) in [5, 5.41) is 11.4. The molecule has 1 heterocycles. The zero-order valence-corrected chi connectivity index (χ0v) is 15.1. The highest BCUT2D eigenvalue weighted by molar-refractivity contribution is 6.09. The molecule has 2 N–H and O–H groups in total. The van der Waals surface area contributed by atoms with Crippen LogP contribution < -0.4 is 10.2 Å². The maximum Gasteiger partial charge on any atom is 0.305 e. The van der Waals surface area contributed by atoms with Crippen molar-refractivity contribution in [1.82, 2.24) is 5.32 Å². The summed E-state index contributed by atoms with van der Waals surface area (Å²) in [4.78, 5) is 38.1. The maximum atomic E-state index is 13.3. The molecule has 1 aliphatic rings. The minimum absolute atomic E-state index is 0.0261. The third-order valence-corrected chi connectivity index (χ3v) is 4.97. The van der Waals surface area contributed by atoms with Gasteiger partial charge in [0.15, 0.2) is 0 Å². The van der Waals surface area contributed by atoms with Crippen LogP contribution in [0.3, 0.4) is 0 Å². The Bertz CT molecular complexity index is 865. The highest BCUT2D eigenvalue weighted by Crippen LogP contribution is 2.45. The second-order valence-corrected chi connectivity index (χ2v) is 6.80. The molecule has 2 amide bonds. The predicted molar refractivity (Wildman–Crippen MR) is 102 cm³/mol. The molecule has 1 unspecified atom stereocenters. The Hall–Kier alpha value is -3.15. The monoisotopic (exact) mass is 366 g/mol. The van der Waals surface area contributed by atoms with Crippen molar-refractivity contribution in [2.24, 2.45) is 0 Å². The number of nitrogens with zero attached hydrogens (tertiary/aromatic N) is 1. The Labute approximate surface area is 157 Å². The molecule has 2 aromatic carbocycles. The topological polar surface area (TPSA) is 86.7 Å². The van der Waals surface area contributed by atoms with Crippen LogP contribution >= 0.6 is 0 Å². The van der Waals surface area contributed by atoms with Crippen molar-refractivity contribution in [3.05, 3.63) is 65.7 Å². The van der Waals surface area contributed by atoms with E-state index in [0.29, 0.717) is 6.42 Å². The van der Waals surface area contributed by atoms with E-state index < -0.39 is 11.4 Å². The van der Waals surface area contributed by atoms with Crippen LogP contribution in [0.1, 0.15) is 24.0 Å². The third-order valence-electron chi connectivity index (χ3n) is 4.97. The number of benzene rings is 2. The largest absolute Gasteiger partial charge is 0.481 e. The van der Waals surface area contributed by atoms with Crippen LogP contribution in [0.15, 0.2) is 54.6 Å². The summed E-state index contributed by atoms with van der Waals surface area (Å²) in [6.07, 6.45) is 0.226. The summed E-state index contributed by atoms with van der Waals surface area (Å²) in [5.74, 6) is -1.43. The van der Waals surface area contributed by atoms with Gasteiger partial charge in [-0.1, -0.05) is 48.5 Å². The van der Waals surface area contributed by atoms with E-state index in [1.54, 1.807) is 11.9 Å².